The van der Waals surface area contributed by atoms with Gasteiger partial charge in [0.2, 0.25) is 17.7 Å². The van der Waals surface area contributed by atoms with E-state index in [-0.39, 0.29) is 24.6 Å². The van der Waals surface area contributed by atoms with Gasteiger partial charge in [0.15, 0.2) is 0 Å². The SMILES string of the molecule is Cc1nnc(CNC(=O)c2ccc3cnc(NC4CCC(O)CC4)nc3c2)o1. The van der Waals surface area contributed by atoms with E-state index in [1.807, 2.05) is 6.07 Å². The predicted molar refractivity (Wildman–Crippen MR) is 102 cm³/mol. The van der Waals surface area contributed by atoms with Gasteiger partial charge in [0.1, 0.15) is 0 Å². The van der Waals surface area contributed by atoms with Gasteiger partial charge in [-0.3, -0.25) is 4.79 Å². The van der Waals surface area contributed by atoms with Crippen LogP contribution >= 0.6 is 0 Å². The Morgan fingerprint density at radius 3 is 2.82 bits per heavy atom. The molecule has 4 rings (SSSR count). The molecule has 2 aromatic heterocycles. The molecule has 2 heterocycles. The molecule has 1 saturated carbocycles. The first kappa shape index (κ1) is 18.3. The summed E-state index contributed by atoms with van der Waals surface area (Å²) in [6.45, 7) is 1.87. The van der Waals surface area contributed by atoms with Gasteiger partial charge in [-0.05, 0) is 37.8 Å². The van der Waals surface area contributed by atoms with E-state index in [0.29, 0.717) is 28.8 Å². The number of carbonyl (C=O) groups is 1. The lowest BCUT2D eigenvalue weighted by molar-refractivity contribution is 0.0947. The van der Waals surface area contributed by atoms with Gasteiger partial charge in [-0.2, -0.15) is 0 Å². The molecule has 9 heteroatoms. The smallest absolute Gasteiger partial charge is 0.251 e. The van der Waals surface area contributed by atoms with E-state index in [1.54, 1.807) is 25.3 Å². The summed E-state index contributed by atoms with van der Waals surface area (Å²) in [5.41, 5.74) is 1.18. The van der Waals surface area contributed by atoms with Crippen molar-refractivity contribution in [3.05, 3.63) is 41.7 Å². The first-order chi connectivity index (χ1) is 13.6. The molecule has 28 heavy (non-hydrogen) atoms. The number of nitrogens with one attached hydrogen (secondary N) is 2. The van der Waals surface area contributed by atoms with Crippen LogP contribution in [0, 0.1) is 6.92 Å². The number of fused-ring (bicyclic) bond motifs is 1. The minimum atomic E-state index is -0.243. The second-order valence-electron chi connectivity index (χ2n) is 7.01. The molecule has 0 bridgehead atoms. The molecule has 1 aromatic carbocycles. The van der Waals surface area contributed by atoms with Crippen molar-refractivity contribution in [3.8, 4) is 0 Å². The average Bonchev–Trinajstić information content (AvgIpc) is 3.12. The van der Waals surface area contributed by atoms with Gasteiger partial charge in [0, 0.05) is 30.1 Å². The number of hydrogen-bond acceptors (Lipinski definition) is 8. The predicted octanol–water partition coefficient (Wildman–Crippen LogP) is 1.97. The molecule has 0 spiro atoms. The van der Waals surface area contributed by atoms with Crippen LogP contribution in [0.2, 0.25) is 0 Å². The van der Waals surface area contributed by atoms with Crippen LogP contribution in [0.15, 0.2) is 28.8 Å². The molecule has 9 nitrogen and oxygen atoms in total. The molecule has 0 saturated heterocycles. The minimum absolute atomic E-state index is 0.168. The molecule has 1 aliphatic carbocycles. The van der Waals surface area contributed by atoms with Crippen LogP contribution in [-0.2, 0) is 6.54 Å². The quantitative estimate of drug-likeness (QED) is 0.611. The molecular weight excluding hydrogens is 360 g/mol. The largest absolute Gasteiger partial charge is 0.424 e. The average molecular weight is 382 g/mol. The van der Waals surface area contributed by atoms with Crippen LogP contribution < -0.4 is 10.6 Å². The summed E-state index contributed by atoms with van der Waals surface area (Å²) in [7, 11) is 0. The number of nitrogens with zero attached hydrogens (tertiary/aromatic N) is 4. The number of benzene rings is 1. The zero-order valence-corrected chi connectivity index (χ0v) is 15.6. The van der Waals surface area contributed by atoms with Gasteiger partial charge in [0.05, 0.1) is 18.2 Å². The van der Waals surface area contributed by atoms with Crippen molar-refractivity contribution in [2.24, 2.45) is 0 Å². The van der Waals surface area contributed by atoms with Crippen molar-refractivity contribution in [2.75, 3.05) is 5.32 Å². The highest BCUT2D eigenvalue weighted by Crippen LogP contribution is 2.22. The summed E-state index contributed by atoms with van der Waals surface area (Å²) in [6, 6.07) is 5.55. The van der Waals surface area contributed by atoms with E-state index < -0.39 is 0 Å². The van der Waals surface area contributed by atoms with E-state index in [9.17, 15) is 9.90 Å². The number of rotatable bonds is 5. The molecule has 146 valence electrons. The lowest BCUT2D eigenvalue weighted by Crippen LogP contribution is -2.28. The Kier molecular flexibility index (Phi) is 5.16. The Morgan fingerprint density at radius 2 is 2.07 bits per heavy atom. The van der Waals surface area contributed by atoms with Crippen molar-refractivity contribution in [3.63, 3.8) is 0 Å². The topological polar surface area (TPSA) is 126 Å². The first-order valence-corrected chi connectivity index (χ1v) is 9.35. The third-order valence-corrected chi connectivity index (χ3v) is 4.84. The van der Waals surface area contributed by atoms with E-state index in [2.05, 4.69) is 30.8 Å². The van der Waals surface area contributed by atoms with Gasteiger partial charge in [-0.25, -0.2) is 9.97 Å². The second kappa shape index (κ2) is 7.89. The van der Waals surface area contributed by atoms with Gasteiger partial charge in [-0.15, -0.1) is 10.2 Å². The molecular formula is C19H22N6O3. The Bertz CT molecular complexity index is 981. The van der Waals surface area contributed by atoms with Crippen LogP contribution in [0.1, 0.15) is 47.8 Å². The molecule has 0 unspecified atom stereocenters. The summed E-state index contributed by atoms with van der Waals surface area (Å²) >= 11 is 0. The third-order valence-electron chi connectivity index (χ3n) is 4.84. The normalized spacial score (nSPS) is 19.5. The molecule has 0 atom stereocenters. The van der Waals surface area contributed by atoms with Gasteiger partial charge in [0.25, 0.3) is 5.91 Å². The number of amides is 1. The standard InChI is InChI=1S/C19H22N6O3/c1-11-24-25-17(28-11)10-20-18(27)12-2-3-13-9-21-19(23-16(13)8-12)22-14-4-6-15(26)7-5-14/h2-3,8-9,14-15,26H,4-7,10H2,1H3,(H,20,27)(H,21,22,23). The number of hydrogen-bond donors (Lipinski definition) is 3. The Morgan fingerprint density at radius 1 is 1.25 bits per heavy atom. The highest BCUT2D eigenvalue weighted by Gasteiger charge is 2.20. The maximum Gasteiger partial charge on any atom is 0.251 e. The lowest BCUT2D eigenvalue weighted by Gasteiger charge is -2.26. The third kappa shape index (κ3) is 4.25. The van der Waals surface area contributed by atoms with Crippen molar-refractivity contribution >= 4 is 22.8 Å². The highest BCUT2D eigenvalue weighted by atomic mass is 16.4. The highest BCUT2D eigenvalue weighted by molar-refractivity contribution is 5.97. The van der Waals surface area contributed by atoms with Crippen LogP contribution in [0.5, 0.6) is 0 Å². The summed E-state index contributed by atoms with van der Waals surface area (Å²) in [5.74, 6) is 1.11. The number of aromatic nitrogens is 4. The zero-order chi connectivity index (χ0) is 19.5. The molecule has 1 aliphatic rings. The van der Waals surface area contributed by atoms with Gasteiger partial charge < -0.3 is 20.2 Å². The second-order valence-corrected chi connectivity index (χ2v) is 7.01. The Balaban J connectivity index is 1.45. The van der Waals surface area contributed by atoms with E-state index >= 15 is 0 Å². The summed E-state index contributed by atoms with van der Waals surface area (Å²) in [5, 5.41) is 24.2. The van der Waals surface area contributed by atoms with Crippen LogP contribution in [0.3, 0.4) is 0 Å². The van der Waals surface area contributed by atoms with E-state index in [4.69, 9.17) is 4.42 Å². The summed E-state index contributed by atoms with van der Waals surface area (Å²) in [4.78, 5) is 21.3. The monoisotopic (exact) mass is 382 g/mol. The fourth-order valence-corrected chi connectivity index (χ4v) is 3.30. The fourth-order valence-electron chi connectivity index (χ4n) is 3.30. The number of anilines is 1. The van der Waals surface area contributed by atoms with Gasteiger partial charge >= 0.3 is 0 Å². The van der Waals surface area contributed by atoms with E-state index in [0.717, 1.165) is 31.1 Å². The maximum atomic E-state index is 12.4. The van der Waals surface area contributed by atoms with Crippen LogP contribution in [0.4, 0.5) is 5.95 Å². The van der Waals surface area contributed by atoms with Gasteiger partial charge in [-0.1, -0.05) is 6.07 Å². The minimum Gasteiger partial charge on any atom is -0.424 e. The molecule has 1 amide bonds. The van der Waals surface area contributed by atoms with Crippen molar-refractivity contribution < 1.29 is 14.3 Å². The van der Waals surface area contributed by atoms with Crippen molar-refractivity contribution in [1.29, 1.82) is 0 Å². The molecule has 0 radical (unpaired) electrons. The molecule has 3 N–H and O–H groups in total. The number of aryl methyl sites for hydroxylation is 1. The van der Waals surface area contributed by atoms with Crippen molar-refractivity contribution in [2.45, 2.75) is 51.3 Å². The fraction of sp³-hybridized carbons (Fsp3) is 0.421. The van der Waals surface area contributed by atoms with Crippen LogP contribution in [-0.4, -0.2) is 43.3 Å². The zero-order valence-electron chi connectivity index (χ0n) is 15.6. The Hall–Kier alpha value is -3.07. The molecule has 1 fully saturated rings. The first-order valence-electron chi connectivity index (χ1n) is 9.35. The van der Waals surface area contributed by atoms with Crippen LogP contribution in [0.25, 0.3) is 10.9 Å². The number of aliphatic hydroxyl groups excluding tert-OH is 1. The van der Waals surface area contributed by atoms with Crippen molar-refractivity contribution in [1.82, 2.24) is 25.5 Å². The summed E-state index contributed by atoms with van der Waals surface area (Å²) < 4.78 is 5.25. The Labute approximate surface area is 161 Å². The number of aliphatic hydroxyl groups is 1. The maximum absolute atomic E-state index is 12.4. The summed E-state index contributed by atoms with van der Waals surface area (Å²) in [6.07, 6.45) is 4.89. The van der Waals surface area contributed by atoms with E-state index in [1.165, 1.54) is 0 Å². The number of carbonyl (C=O) groups excluding carboxylic acids is 1. The lowest BCUT2D eigenvalue weighted by atomic mass is 9.93. The molecule has 0 aliphatic heterocycles. The molecule has 3 aromatic rings.